The third-order valence-corrected chi connectivity index (χ3v) is 3.04. The van der Waals surface area contributed by atoms with Crippen LogP contribution in [0.3, 0.4) is 0 Å². The van der Waals surface area contributed by atoms with Gasteiger partial charge in [-0.1, -0.05) is 18.7 Å². The number of anilines is 1. The zero-order valence-corrected chi connectivity index (χ0v) is 14.3. The van der Waals surface area contributed by atoms with Crippen molar-refractivity contribution in [1.82, 2.24) is 0 Å². The molecular formula is C19H21NO4. The first kappa shape index (κ1) is 17.5. The molecule has 0 heterocycles. The summed E-state index contributed by atoms with van der Waals surface area (Å²) in [5.41, 5.74) is 0.362. The monoisotopic (exact) mass is 327 g/mol. The number of amides is 1. The van der Waals surface area contributed by atoms with Crippen LogP contribution in [0, 0.1) is 0 Å². The molecule has 2 rings (SSSR count). The molecule has 24 heavy (non-hydrogen) atoms. The molecule has 1 N–H and O–H groups in total. The van der Waals surface area contributed by atoms with Crippen molar-refractivity contribution in [2.24, 2.45) is 0 Å². The molecule has 5 nitrogen and oxygen atoms in total. The van der Waals surface area contributed by atoms with Crippen molar-refractivity contribution in [2.45, 2.75) is 33.3 Å². The molecule has 0 radical (unpaired) electrons. The van der Waals surface area contributed by atoms with E-state index in [0.717, 1.165) is 10.8 Å². The van der Waals surface area contributed by atoms with Crippen LogP contribution >= 0.6 is 0 Å². The molecule has 0 aromatic heterocycles. The van der Waals surface area contributed by atoms with Crippen molar-refractivity contribution < 1.29 is 19.1 Å². The molecule has 0 aliphatic carbocycles. The van der Waals surface area contributed by atoms with Crippen molar-refractivity contribution in [2.75, 3.05) is 5.32 Å². The van der Waals surface area contributed by atoms with E-state index in [0.29, 0.717) is 17.0 Å². The average Bonchev–Trinajstić information content (AvgIpc) is 2.45. The molecule has 0 atom stereocenters. The second kappa shape index (κ2) is 6.74. The number of carbonyl (C=O) groups excluding carboxylic acids is 2. The second-order valence-electron chi connectivity index (χ2n) is 6.49. The predicted octanol–water partition coefficient (Wildman–Crippen LogP) is 4.67. The molecule has 2 aromatic carbocycles. The van der Waals surface area contributed by atoms with Crippen LogP contribution in [0.2, 0.25) is 0 Å². The Balaban J connectivity index is 2.24. The fraction of sp³-hybridized carbons (Fsp3) is 0.263. The van der Waals surface area contributed by atoms with Crippen LogP contribution in [0.4, 0.5) is 10.5 Å². The van der Waals surface area contributed by atoms with Crippen molar-refractivity contribution in [3.63, 3.8) is 0 Å². The standard InChI is InChI=1S/C19H21NO4/c1-12(2)17(21)23-16-8-6-7-13-11-14(9-10-15(13)16)20-18(22)24-19(3,4)5/h6-11H,1H2,2-5H3,(H,20,22). The Morgan fingerprint density at radius 1 is 1.12 bits per heavy atom. The molecule has 0 bridgehead atoms. The highest BCUT2D eigenvalue weighted by Gasteiger charge is 2.16. The lowest BCUT2D eigenvalue weighted by molar-refractivity contribution is -0.129. The van der Waals surface area contributed by atoms with Gasteiger partial charge in [0.1, 0.15) is 11.4 Å². The minimum absolute atomic E-state index is 0.329. The summed E-state index contributed by atoms with van der Waals surface area (Å²) in [7, 11) is 0. The maximum absolute atomic E-state index is 11.8. The first-order valence-electron chi connectivity index (χ1n) is 7.56. The van der Waals surface area contributed by atoms with Gasteiger partial charge in [0.2, 0.25) is 0 Å². The van der Waals surface area contributed by atoms with E-state index in [2.05, 4.69) is 11.9 Å². The number of esters is 1. The molecule has 126 valence electrons. The summed E-state index contributed by atoms with van der Waals surface area (Å²) in [5, 5.41) is 4.28. The van der Waals surface area contributed by atoms with Crippen LogP contribution in [-0.2, 0) is 9.53 Å². The second-order valence-corrected chi connectivity index (χ2v) is 6.49. The Labute approximate surface area is 141 Å². The topological polar surface area (TPSA) is 64.6 Å². The molecule has 1 amide bonds. The van der Waals surface area contributed by atoms with E-state index in [4.69, 9.17) is 9.47 Å². The van der Waals surface area contributed by atoms with Gasteiger partial charge in [-0.25, -0.2) is 9.59 Å². The number of fused-ring (bicyclic) bond motifs is 1. The Bertz CT molecular complexity index is 803. The minimum Gasteiger partial charge on any atom is -0.444 e. The fourth-order valence-corrected chi connectivity index (χ4v) is 2.03. The van der Waals surface area contributed by atoms with Crippen LogP contribution in [-0.4, -0.2) is 17.7 Å². The van der Waals surface area contributed by atoms with E-state index in [9.17, 15) is 9.59 Å². The molecule has 2 aromatic rings. The van der Waals surface area contributed by atoms with E-state index in [1.807, 2.05) is 6.07 Å². The van der Waals surface area contributed by atoms with E-state index < -0.39 is 17.7 Å². The number of ether oxygens (including phenoxy) is 2. The molecule has 0 spiro atoms. The minimum atomic E-state index is -0.565. The van der Waals surface area contributed by atoms with Gasteiger partial charge < -0.3 is 9.47 Å². The van der Waals surface area contributed by atoms with Crippen molar-refractivity contribution in [3.05, 3.63) is 48.6 Å². The molecule has 0 aliphatic rings. The van der Waals surface area contributed by atoms with Gasteiger partial charge in [0.25, 0.3) is 0 Å². The van der Waals surface area contributed by atoms with Crippen LogP contribution < -0.4 is 10.1 Å². The lowest BCUT2D eigenvalue weighted by Gasteiger charge is -2.19. The maximum Gasteiger partial charge on any atom is 0.412 e. The van der Waals surface area contributed by atoms with Crippen LogP contribution in [0.15, 0.2) is 48.6 Å². The van der Waals surface area contributed by atoms with Gasteiger partial charge in [-0.3, -0.25) is 5.32 Å². The summed E-state index contributed by atoms with van der Waals surface area (Å²) >= 11 is 0. The maximum atomic E-state index is 11.8. The van der Waals surface area contributed by atoms with Crippen LogP contribution in [0.1, 0.15) is 27.7 Å². The fourth-order valence-electron chi connectivity index (χ4n) is 2.03. The average molecular weight is 327 g/mol. The highest BCUT2D eigenvalue weighted by Crippen LogP contribution is 2.28. The number of nitrogens with one attached hydrogen (secondary N) is 1. The van der Waals surface area contributed by atoms with Crippen molar-refractivity contribution in [3.8, 4) is 5.75 Å². The van der Waals surface area contributed by atoms with E-state index in [1.54, 1.807) is 58.0 Å². The predicted molar refractivity (Wildman–Crippen MR) is 94.3 cm³/mol. The van der Waals surface area contributed by atoms with Gasteiger partial charge in [0.15, 0.2) is 0 Å². The van der Waals surface area contributed by atoms with Crippen molar-refractivity contribution >= 4 is 28.5 Å². The number of benzene rings is 2. The number of rotatable bonds is 3. The van der Waals surface area contributed by atoms with Gasteiger partial charge in [0, 0.05) is 16.6 Å². The third-order valence-electron chi connectivity index (χ3n) is 3.04. The molecule has 0 aliphatic heterocycles. The van der Waals surface area contributed by atoms with Gasteiger partial charge >= 0.3 is 12.1 Å². The molecular weight excluding hydrogens is 306 g/mol. The quantitative estimate of drug-likeness (QED) is 0.505. The SMILES string of the molecule is C=C(C)C(=O)Oc1cccc2cc(NC(=O)OC(C)(C)C)ccc12. The zero-order chi connectivity index (χ0) is 17.9. The summed E-state index contributed by atoms with van der Waals surface area (Å²) < 4.78 is 10.6. The Kier molecular flexibility index (Phi) is 4.93. The molecule has 0 saturated heterocycles. The third kappa shape index (κ3) is 4.59. The molecule has 0 unspecified atom stereocenters. The smallest absolute Gasteiger partial charge is 0.412 e. The molecule has 0 fully saturated rings. The van der Waals surface area contributed by atoms with Gasteiger partial charge in [-0.2, -0.15) is 0 Å². The van der Waals surface area contributed by atoms with Crippen LogP contribution in [0.5, 0.6) is 5.75 Å². The summed E-state index contributed by atoms with van der Waals surface area (Å²) in [5.74, 6) is -0.0252. The number of hydrogen-bond acceptors (Lipinski definition) is 4. The summed E-state index contributed by atoms with van der Waals surface area (Å²) in [6, 6.07) is 10.7. The lowest BCUT2D eigenvalue weighted by atomic mass is 10.1. The normalized spacial score (nSPS) is 11.0. The molecule has 0 saturated carbocycles. The number of hydrogen-bond donors (Lipinski definition) is 1. The summed E-state index contributed by atoms with van der Waals surface area (Å²) in [6.45, 7) is 10.6. The Morgan fingerprint density at radius 3 is 2.46 bits per heavy atom. The lowest BCUT2D eigenvalue weighted by Crippen LogP contribution is -2.27. The zero-order valence-electron chi connectivity index (χ0n) is 14.3. The Morgan fingerprint density at radius 2 is 1.83 bits per heavy atom. The van der Waals surface area contributed by atoms with Gasteiger partial charge in [-0.15, -0.1) is 0 Å². The number of carbonyl (C=O) groups is 2. The Hall–Kier alpha value is -2.82. The van der Waals surface area contributed by atoms with Crippen LogP contribution in [0.25, 0.3) is 10.8 Å². The van der Waals surface area contributed by atoms with E-state index in [1.165, 1.54) is 0 Å². The van der Waals surface area contributed by atoms with Gasteiger partial charge in [0.05, 0.1) is 0 Å². The van der Waals surface area contributed by atoms with Crippen molar-refractivity contribution in [1.29, 1.82) is 0 Å². The summed E-state index contributed by atoms with van der Waals surface area (Å²) in [4.78, 5) is 23.5. The first-order chi connectivity index (χ1) is 11.2. The highest BCUT2D eigenvalue weighted by molar-refractivity contribution is 5.97. The van der Waals surface area contributed by atoms with Gasteiger partial charge in [-0.05, 0) is 57.3 Å². The highest BCUT2D eigenvalue weighted by atomic mass is 16.6. The summed E-state index contributed by atoms with van der Waals surface area (Å²) in [6.07, 6.45) is -0.522. The molecule has 5 heteroatoms. The van der Waals surface area contributed by atoms with E-state index >= 15 is 0 Å². The largest absolute Gasteiger partial charge is 0.444 e. The van der Waals surface area contributed by atoms with E-state index in [-0.39, 0.29) is 0 Å². The first-order valence-corrected chi connectivity index (χ1v) is 7.56.